The summed E-state index contributed by atoms with van der Waals surface area (Å²) in [5, 5.41) is 6.51. The number of aryl methyl sites for hydroxylation is 1. The zero-order valence-electron chi connectivity index (χ0n) is 16.9. The van der Waals surface area contributed by atoms with Gasteiger partial charge in [-0.1, -0.05) is 35.5 Å². The first-order valence-corrected chi connectivity index (χ1v) is 9.41. The molecule has 3 rings (SSSR count). The third-order valence-corrected chi connectivity index (χ3v) is 4.33. The molecule has 0 aliphatic heterocycles. The molecule has 0 saturated carbocycles. The summed E-state index contributed by atoms with van der Waals surface area (Å²) in [7, 11) is 3.58. The van der Waals surface area contributed by atoms with Gasteiger partial charge in [0.1, 0.15) is 18.9 Å². The van der Waals surface area contributed by atoms with Crippen LogP contribution < -0.4 is 19.7 Å². The van der Waals surface area contributed by atoms with Crippen molar-refractivity contribution in [1.82, 2.24) is 5.16 Å². The number of carbonyl (C=O) groups is 1. The molecule has 0 aliphatic rings. The normalized spacial score (nSPS) is 11.7. The number of hydrogen-bond acceptors (Lipinski definition) is 5. The van der Waals surface area contributed by atoms with Crippen molar-refractivity contribution in [1.29, 1.82) is 0 Å². The van der Waals surface area contributed by atoms with E-state index in [2.05, 4.69) is 10.5 Å². The van der Waals surface area contributed by atoms with Crippen molar-refractivity contribution < 1.29 is 23.7 Å². The van der Waals surface area contributed by atoms with Crippen LogP contribution in [-0.4, -0.2) is 31.8 Å². The Labute approximate surface area is 170 Å². The van der Waals surface area contributed by atoms with Gasteiger partial charge in [-0.05, 0) is 30.7 Å². The number of rotatable bonds is 9. The topological polar surface area (TPSA) is 78.0 Å². The first kappa shape index (κ1) is 20.4. The average Bonchev–Trinajstić information content (AvgIpc) is 3.11. The predicted octanol–water partition coefficient (Wildman–Crippen LogP) is 2.22. The number of methoxy groups -OCH3 is 1. The minimum atomic E-state index is -0.120. The van der Waals surface area contributed by atoms with Crippen LogP contribution in [0.4, 0.5) is 5.82 Å². The Hall–Kier alpha value is -3.32. The fraction of sp³-hybridized carbons (Fsp3) is 0.273. The molecule has 0 aliphatic carbocycles. The number of quaternary nitrogens is 1. The third kappa shape index (κ3) is 6.08. The summed E-state index contributed by atoms with van der Waals surface area (Å²) in [6.07, 6.45) is 0. The second-order valence-electron chi connectivity index (χ2n) is 6.94. The molecule has 0 bridgehead atoms. The van der Waals surface area contributed by atoms with Crippen LogP contribution in [0.5, 0.6) is 11.5 Å². The highest BCUT2D eigenvalue weighted by atomic mass is 16.5. The molecule has 0 spiro atoms. The van der Waals surface area contributed by atoms with Crippen molar-refractivity contribution in [3.8, 4) is 11.5 Å². The lowest BCUT2D eigenvalue weighted by atomic mass is 10.2. The molecular weight excluding hydrogens is 370 g/mol. The number of carbonyl (C=O) groups excluding carboxylic acids is 1. The second kappa shape index (κ2) is 9.75. The van der Waals surface area contributed by atoms with Gasteiger partial charge in [-0.15, -0.1) is 0 Å². The van der Waals surface area contributed by atoms with Gasteiger partial charge in [-0.2, -0.15) is 0 Å². The van der Waals surface area contributed by atoms with Gasteiger partial charge in [0.05, 0.1) is 14.2 Å². The summed E-state index contributed by atoms with van der Waals surface area (Å²) in [6.45, 7) is 3.23. The Morgan fingerprint density at radius 1 is 1.10 bits per heavy atom. The quantitative estimate of drug-likeness (QED) is 0.580. The Balaban J connectivity index is 1.55. The Morgan fingerprint density at radius 3 is 2.59 bits per heavy atom. The Morgan fingerprint density at radius 2 is 1.90 bits per heavy atom. The summed E-state index contributed by atoms with van der Waals surface area (Å²) in [6, 6.07) is 17.5. The van der Waals surface area contributed by atoms with E-state index in [9.17, 15) is 4.79 Å². The highest BCUT2D eigenvalue weighted by Crippen LogP contribution is 2.28. The molecule has 0 saturated heterocycles. The van der Waals surface area contributed by atoms with Crippen LogP contribution in [0.3, 0.4) is 0 Å². The lowest BCUT2D eigenvalue weighted by Crippen LogP contribution is -3.08. The minimum absolute atomic E-state index is 0.120. The molecule has 2 aromatic carbocycles. The van der Waals surface area contributed by atoms with Crippen molar-refractivity contribution in [3.63, 3.8) is 0 Å². The number of amides is 1. The number of aromatic nitrogens is 1. The van der Waals surface area contributed by atoms with E-state index in [1.807, 2.05) is 55.6 Å². The molecule has 3 aromatic rings. The van der Waals surface area contributed by atoms with Gasteiger partial charge in [0, 0.05) is 11.6 Å². The van der Waals surface area contributed by atoms with Crippen molar-refractivity contribution in [2.45, 2.75) is 20.1 Å². The summed E-state index contributed by atoms with van der Waals surface area (Å²) in [4.78, 5) is 13.2. The van der Waals surface area contributed by atoms with Crippen LogP contribution in [0.2, 0.25) is 0 Å². The fourth-order valence-electron chi connectivity index (χ4n) is 2.97. The van der Waals surface area contributed by atoms with Gasteiger partial charge >= 0.3 is 0 Å². The molecule has 2 N–H and O–H groups in total. The summed E-state index contributed by atoms with van der Waals surface area (Å²) in [5.41, 5.74) is 2.15. The Bertz CT molecular complexity index is 940. The largest absolute Gasteiger partial charge is 0.493 e. The summed E-state index contributed by atoms with van der Waals surface area (Å²) >= 11 is 0. The smallest absolute Gasteiger partial charge is 0.280 e. The number of anilines is 1. The third-order valence-electron chi connectivity index (χ3n) is 4.33. The zero-order chi connectivity index (χ0) is 20.6. The minimum Gasteiger partial charge on any atom is -0.493 e. The molecule has 29 heavy (non-hydrogen) atoms. The van der Waals surface area contributed by atoms with Crippen molar-refractivity contribution >= 4 is 11.7 Å². The molecule has 1 unspecified atom stereocenters. The number of nitrogens with one attached hydrogen (secondary N) is 2. The number of hydrogen-bond donors (Lipinski definition) is 2. The maximum absolute atomic E-state index is 12.2. The van der Waals surface area contributed by atoms with Crippen LogP contribution in [0, 0.1) is 6.92 Å². The SMILES string of the molecule is COc1cc(C[NH+](C)CC(=O)Nc2cc(C)on2)ccc1OCc1ccccc1. The van der Waals surface area contributed by atoms with Crippen LogP contribution in [0.1, 0.15) is 16.9 Å². The monoisotopic (exact) mass is 396 g/mol. The fourth-order valence-corrected chi connectivity index (χ4v) is 2.97. The van der Waals surface area contributed by atoms with E-state index in [1.54, 1.807) is 20.1 Å². The van der Waals surface area contributed by atoms with Gasteiger partial charge in [0.2, 0.25) is 0 Å². The van der Waals surface area contributed by atoms with E-state index in [-0.39, 0.29) is 5.91 Å². The molecule has 7 nitrogen and oxygen atoms in total. The Kier molecular flexibility index (Phi) is 6.86. The lowest BCUT2D eigenvalue weighted by molar-refractivity contribution is -0.885. The molecular formula is C22H26N3O4+. The lowest BCUT2D eigenvalue weighted by Gasteiger charge is -2.15. The van der Waals surface area contributed by atoms with Crippen LogP contribution >= 0.6 is 0 Å². The second-order valence-corrected chi connectivity index (χ2v) is 6.94. The maximum Gasteiger partial charge on any atom is 0.280 e. The van der Waals surface area contributed by atoms with Gasteiger partial charge < -0.3 is 24.2 Å². The van der Waals surface area contributed by atoms with Crippen molar-refractivity contribution in [3.05, 3.63) is 71.5 Å². The van der Waals surface area contributed by atoms with E-state index in [4.69, 9.17) is 14.0 Å². The number of likely N-dealkylation sites (N-methyl/N-ethyl adjacent to an activating group) is 1. The van der Waals surface area contributed by atoms with E-state index in [0.29, 0.717) is 42.8 Å². The molecule has 7 heteroatoms. The maximum atomic E-state index is 12.2. The van der Waals surface area contributed by atoms with Gasteiger partial charge in [-0.3, -0.25) is 4.79 Å². The summed E-state index contributed by atoms with van der Waals surface area (Å²) < 4.78 is 16.3. The number of nitrogens with zero attached hydrogens (tertiary/aromatic N) is 1. The summed E-state index contributed by atoms with van der Waals surface area (Å²) in [5.74, 6) is 2.33. The predicted molar refractivity (Wildman–Crippen MR) is 109 cm³/mol. The standard InChI is InChI=1S/C22H25N3O4/c1-16-11-21(24-29-16)23-22(26)14-25(2)13-18-9-10-19(20(12-18)27-3)28-15-17-7-5-4-6-8-17/h4-12H,13-15H2,1-3H3,(H,23,24,26)/p+1. The first-order valence-electron chi connectivity index (χ1n) is 9.41. The van der Waals surface area contributed by atoms with Crippen molar-refractivity contribution in [2.75, 3.05) is 26.0 Å². The molecule has 0 fully saturated rings. The van der Waals surface area contributed by atoms with Crippen LogP contribution in [0.15, 0.2) is 59.1 Å². The first-order chi connectivity index (χ1) is 14.0. The number of benzene rings is 2. The highest BCUT2D eigenvalue weighted by Gasteiger charge is 2.14. The van der Waals surface area contributed by atoms with Gasteiger partial charge in [0.25, 0.3) is 5.91 Å². The van der Waals surface area contributed by atoms with E-state index < -0.39 is 0 Å². The average molecular weight is 396 g/mol. The molecule has 0 radical (unpaired) electrons. The van der Waals surface area contributed by atoms with E-state index in [0.717, 1.165) is 16.0 Å². The van der Waals surface area contributed by atoms with Gasteiger partial charge in [0.15, 0.2) is 23.9 Å². The van der Waals surface area contributed by atoms with Crippen molar-refractivity contribution in [2.24, 2.45) is 0 Å². The van der Waals surface area contributed by atoms with Crippen LogP contribution in [0.25, 0.3) is 0 Å². The van der Waals surface area contributed by atoms with Crippen LogP contribution in [-0.2, 0) is 17.9 Å². The van der Waals surface area contributed by atoms with E-state index >= 15 is 0 Å². The molecule has 1 aromatic heterocycles. The zero-order valence-corrected chi connectivity index (χ0v) is 16.9. The number of ether oxygens (including phenoxy) is 2. The highest BCUT2D eigenvalue weighted by molar-refractivity contribution is 5.90. The van der Waals surface area contributed by atoms with Gasteiger partial charge in [-0.25, -0.2) is 0 Å². The molecule has 152 valence electrons. The molecule has 1 atom stereocenters. The van der Waals surface area contributed by atoms with E-state index in [1.165, 1.54) is 0 Å². The molecule has 1 amide bonds. The molecule has 1 heterocycles.